The number of rotatable bonds is 4. The minimum Gasteiger partial charge on any atom is -0.469 e. The van der Waals surface area contributed by atoms with Gasteiger partial charge in [-0.15, -0.1) is 0 Å². The van der Waals surface area contributed by atoms with E-state index in [0.717, 1.165) is 6.54 Å². The van der Waals surface area contributed by atoms with Crippen LogP contribution in [0, 0.1) is 22.0 Å². The highest BCUT2D eigenvalue weighted by Crippen LogP contribution is 2.26. The van der Waals surface area contributed by atoms with E-state index >= 15 is 0 Å². The van der Waals surface area contributed by atoms with Crippen LogP contribution >= 0.6 is 0 Å². The third kappa shape index (κ3) is 2.93. The molecule has 1 aliphatic heterocycles. The molecule has 0 aliphatic carbocycles. The third-order valence-electron chi connectivity index (χ3n) is 3.40. The summed E-state index contributed by atoms with van der Waals surface area (Å²) < 4.78 is 9.87. The minimum atomic E-state index is -0.562. The van der Waals surface area contributed by atoms with Crippen LogP contribution in [0.5, 0.6) is 0 Å². The summed E-state index contributed by atoms with van der Waals surface area (Å²) in [5.74, 6) is 0.129. The average Bonchev–Trinajstić information content (AvgIpc) is 2.96. The maximum Gasteiger partial charge on any atom is 0.433 e. The summed E-state index contributed by atoms with van der Waals surface area (Å²) in [6.07, 6.45) is 0. The van der Waals surface area contributed by atoms with Gasteiger partial charge in [0.25, 0.3) is 0 Å². The summed E-state index contributed by atoms with van der Waals surface area (Å²) in [4.78, 5) is 23.5. The highest BCUT2D eigenvalue weighted by molar-refractivity contribution is 5.73. The molecule has 7 nitrogen and oxygen atoms in total. The number of esters is 1. The average molecular weight is 268 g/mol. The van der Waals surface area contributed by atoms with Gasteiger partial charge >= 0.3 is 11.9 Å². The molecule has 2 unspecified atom stereocenters. The maximum atomic E-state index is 11.6. The second-order valence-corrected chi connectivity index (χ2v) is 4.80. The molecule has 2 atom stereocenters. The molecule has 2 rings (SSSR count). The molecule has 2 heterocycles. The third-order valence-corrected chi connectivity index (χ3v) is 3.40. The van der Waals surface area contributed by atoms with Crippen molar-refractivity contribution in [2.24, 2.45) is 11.8 Å². The largest absolute Gasteiger partial charge is 0.469 e. The number of nitro groups is 1. The monoisotopic (exact) mass is 268 g/mol. The Morgan fingerprint density at radius 2 is 2.32 bits per heavy atom. The maximum absolute atomic E-state index is 11.6. The van der Waals surface area contributed by atoms with Gasteiger partial charge in [0.1, 0.15) is 10.7 Å². The predicted molar refractivity (Wildman–Crippen MR) is 65.3 cm³/mol. The van der Waals surface area contributed by atoms with Crippen molar-refractivity contribution in [1.82, 2.24) is 4.90 Å². The van der Waals surface area contributed by atoms with E-state index in [4.69, 9.17) is 9.15 Å². The topological polar surface area (TPSA) is 85.8 Å². The number of carbonyl (C=O) groups is 1. The summed E-state index contributed by atoms with van der Waals surface area (Å²) in [5, 5.41) is 10.5. The zero-order chi connectivity index (χ0) is 14.0. The van der Waals surface area contributed by atoms with Gasteiger partial charge in [-0.05, 0) is 12.0 Å². The fourth-order valence-electron chi connectivity index (χ4n) is 2.42. The molecule has 0 saturated carbocycles. The van der Waals surface area contributed by atoms with Crippen LogP contribution in [0.15, 0.2) is 16.5 Å². The highest BCUT2D eigenvalue weighted by Gasteiger charge is 2.35. The standard InChI is InChI=1S/C12H16N2O5/c1-8-5-13(7-10(8)12(15)18-2)6-9-3-4-11(19-9)14(16)17/h3-4,8,10H,5-7H2,1-2H3. The van der Waals surface area contributed by atoms with E-state index in [1.807, 2.05) is 11.8 Å². The van der Waals surface area contributed by atoms with Gasteiger partial charge in [0.05, 0.1) is 25.6 Å². The fraction of sp³-hybridized carbons (Fsp3) is 0.583. The van der Waals surface area contributed by atoms with Crippen LogP contribution in [0.25, 0.3) is 0 Å². The van der Waals surface area contributed by atoms with Crippen LogP contribution in [0.3, 0.4) is 0 Å². The molecule has 104 valence electrons. The lowest BCUT2D eigenvalue weighted by atomic mass is 9.99. The highest BCUT2D eigenvalue weighted by atomic mass is 16.6. The molecule has 0 aromatic carbocycles. The van der Waals surface area contributed by atoms with E-state index in [1.165, 1.54) is 13.2 Å². The molecule has 7 heteroatoms. The molecule has 1 fully saturated rings. The van der Waals surface area contributed by atoms with Crippen LogP contribution in [-0.2, 0) is 16.1 Å². The fourth-order valence-corrected chi connectivity index (χ4v) is 2.42. The van der Waals surface area contributed by atoms with E-state index in [-0.39, 0.29) is 23.7 Å². The first kappa shape index (κ1) is 13.5. The number of likely N-dealkylation sites (tertiary alicyclic amines) is 1. The van der Waals surface area contributed by atoms with E-state index in [0.29, 0.717) is 18.8 Å². The molecule has 0 bridgehead atoms. The van der Waals surface area contributed by atoms with Crippen LogP contribution < -0.4 is 0 Å². The smallest absolute Gasteiger partial charge is 0.433 e. The number of methoxy groups -OCH3 is 1. The van der Waals surface area contributed by atoms with Crippen LogP contribution in [-0.4, -0.2) is 36.0 Å². The molecule has 0 spiro atoms. The van der Waals surface area contributed by atoms with Crippen LogP contribution in [0.1, 0.15) is 12.7 Å². The minimum absolute atomic E-state index is 0.144. The van der Waals surface area contributed by atoms with Gasteiger partial charge < -0.3 is 9.15 Å². The summed E-state index contributed by atoms with van der Waals surface area (Å²) in [7, 11) is 1.38. The quantitative estimate of drug-likeness (QED) is 0.466. The number of ether oxygens (including phenoxy) is 1. The molecule has 19 heavy (non-hydrogen) atoms. The molecule has 1 saturated heterocycles. The Hall–Kier alpha value is -1.89. The second kappa shape index (κ2) is 5.40. The van der Waals surface area contributed by atoms with E-state index in [1.54, 1.807) is 6.07 Å². The Bertz CT molecular complexity index is 484. The first-order valence-electron chi connectivity index (χ1n) is 6.04. The van der Waals surface area contributed by atoms with Gasteiger partial charge in [-0.25, -0.2) is 0 Å². The van der Waals surface area contributed by atoms with Crippen molar-refractivity contribution in [2.75, 3.05) is 20.2 Å². The normalized spacial score (nSPS) is 23.5. The van der Waals surface area contributed by atoms with Crippen molar-refractivity contribution >= 4 is 11.9 Å². The molecule has 0 radical (unpaired) electrons. The van der Waals surface area contributed by atoms with E-state index in [2.05, 4.69) is 0 Å². The van der Waals surface area contributed by atoms with E-state index < -0.39 is 4.92 Å². The Morgan fingerprint density at radius 3 is 2.89 bits per heavy atom. The molecular formula is C12H16N2O5. The molecule has 1 aliphatic rings. The Kier molecular flexibility index (Phi) is 3.84. The summed E-state index contributed by atoms with van der Waals surface area (Å²) in [6.45, 7) is 3.79. The van der Waals surface area contributed by atoms with Crippen LogP contribution in [0.4, 0.5) is 5.88 Å². The first-order chi connectivity index (χ1) is 9.01. The lowest BCUT2D eigenvalue weighted by Crippen LogP contribution is -2.24. The predicted octanol–water partition coefficient (Wildman–Crippen LogP) is 1.43. The molecule has 1 aromatic heterocycles. The van der Waals surface area contributed by atoms with Gasteiger partial charge in [0, 0.05) is 13.1 Å². The molecule has 0 amide bonds. The summed E-state index contributed by atoms with van der Waals surface area (Å²) >= 11 is 0. The SMILES string of the molecule is COC(=O)C1CN(Cc2ccc([N+](=O)[O-])o2)CC1C. The number of hydrogen-bond donors (Lipinski definition) is 0. The van der Waals surface area contributed by atoms with Gasteiger partial charge in [-0.3, -0.25) is 19.8 Å². The van der Waals surface area contributed by atoms with Crippen molar-refractivity contribution in [3.05, 3.63) is 28.0 Å². The van der Waals surface area contributed by atoms with Crippen molar-refractivity contribution in [1.29, 1.82) is 0 Å². The lowest BCUT2D eigenvalue weighted by Gasteiger charge is -2.13. The van der Waals surface area contributed by atoms with Crippen molar-refractivity contribution in [3.8, 4) is 0 Å². The van der Waals surface area contributed by atoms with E-state index in [9.17, 15) is 14.9 Å². The first-order valence-corrected chi connectivity index (χ1v) is 6.04. The molecular weight excluding hydrogens is 252 g/mol. The lowest BCUT2D eigenvalue weighted by molar-refractivity contribution is -0.402. The van der Waals surface area contributed by atoms with Gasteiger partial charge in [-0.2, -0.15) is 0 Å². The summed E-state index contributed by atoms with van der Waals surface area (Å²) in [6, 6.07) is 2.93. The zero-order valence-electron chi connectivity index (χ0n) is 10.9. The Morgan fingerprint density at radius 1 is 1.58 bits per heavy atom. The van der Waals surface area contributed by atoms with Crippen molar-refractivity contribution in [3.63, 3.8) is 0 Å². The summed E-state index contributed by atoms with van der Waals surface area (Å²) in [5.41, 5.74) is 0. The van der Waals surface area contributed by atoms with Gasteiger partial charge in [0.2, 0.25) is 0 Å². The molecule has 0 N–H and O–H groups in total. The van der Waals surface area contributed by atoms with Crippen LogP contribution in [0.2, 0.25) is 0 Å². The van der Waals surface area contributed by atoms with Gasteiger partial charge in [0.15, 0.2) is 0 Å². The number of hydrogen-bond acceptors (Lipinski definition) is 6. The zero-order valence-corrected chi connectivity index (χ0v) is 10.9. The number of carbonyl (C=O) groups excluding carboxylic acids is 1. The van der Waals surface area contributed by atoms with Crippen molar-refractivity contribution < 1.29 is 18.9 Å². The number of nitrogens with zero attached hydrogens (tertiary/aromatic N) is 2. The molecule has 1 aromatic rings. The van der Waals surface area contributed by atoms with Crippen molar-refractivity contribution in [2.45, 2.75) is 13.5 Å². The second-order valence-electron chi connectivity index (χ2n) is 4.80. The number of furan rings is 1. The Labute approximate surface area is 110 Å². The van der Waals surface area contributed by atoms with Gasteiger partial charge in [-0.1, -0.05) is 6.92 Å². The Balaban J connectivity index is 1.97.